The molecule has 0 aromatic rings. The summed E-state index contributed by atoms with van der Waals surface area (Å²) < 4.78 is 0. The van der Waals surface area contributed by atoms with Crippen molar-refractivity contribution in [3.63, 3.8) is 0 Å². The molecule has 0 aliphatic carbocycles. The third-order valence-corrected chi connectivity index (χ3v) is 5.43. The van der Waals surface area contributed by atoms with E-state index in [0.29, 0.717) is 6.54 Å². The predicted molar refractivity (Wildman–Crippen MR) is 139 cm³/mol. The lowest BCUT2D eigenvalue weighted by atomic mass is 9.84. The van der Waals surface area contributed by atoms with Crippen LogP contribution in [0.2, 0.25) is 0 Å². The van der Waals surface area contributed by atoms with E-state index in [1.807, 2.05) is 0 Å². The van der Waals surface area contributed by atoms with Gasteiger partial charge in [-0.1, -0.05) is 151 Å². The van der Waals surface area contributed by atoms with Crippen LogP contribution in [0.25, 0.3) is 0 Å². The van der Waals surface area contributed by atoms with Crippen LogP contribution in [0.15, 0.2) is 72.9 Å². The normalized spacial score (nSPS) is 15.2. The maximum absolute atomic E-state index is 6.04. The van der Waals surface area contributed by atoms with Gasteiger partial charge in [-0.2, -0.15) is 0 Å². The molecule has 1 heteroatoms. The SMILES string of the molecule is CCCCC/C=C/C=C/C=C/C=C/C=C/C=C/C(C)(CN)CCCCCCCCC. The molecule has 0 bridgehead atoms. The van der Waals surface area contributed by atoms with Crippen molar-refractivity contribution < 1.29 is 0 Å². The highest BCUT2D eigenvalue weighted by atomic mass is 14.6. The summed E-state index contributed by atoms with van der Waals surface area (Å²) >= 11 is 0. The second-order valence-electron chi connectivity index (χ2n) is 8.55. The smallest absolute Gasteiger partial charge is 0.00116 e. The van der Waals surface area contributed by atoms with Gasteiger partial charge in [-0.15, -0.1) is 0 Å². The highest BCUT2D eigenvalue weighted by molar-refractivity contribution is 5.20. The summed E-state index contributed by atoms with van der Waals surface area (Å²) in [6.45, 7) is 7.50. The van der Waals surface area contributed by atoms with Crippen molar-refractivity contribution in [1.82, 2.24) is 0 Å². The van der Waals surface area contributed by atoms with Gasteiger partial charge in [-0.05, 0) is 24.7 Å². The molecular weight excluding hydrogens is 362 g/mol. The third-order valence-electron chi connectivity index (χ3n) is 5.43. The third kappa shape index (κ3) is 19.7. The molecule has 0 rings (SSSR count). The largest absolute Gasteiger partial charge is 0.330 e. The van der Waals surface area contributed by atoms with Gasteiger partial charge < -0.3 is 5.73 Å². The standard InChI is InChI=1S/C29H49N/c1-4-6-8-10-12-13-14-15-16-17-18-19-21-23-25-27-29(3,28-30)26-24-22-20-11-9-7-5-2/h12-19,21,23,25,27H,4-11,20,22,24,26,28,30H2,1-3H3/b13-12+,15-14+,17-16+,19-18+,23-21+,27-25+. The Morgan fingerprint density at radius 2 is 1.03 bits per heavy atom. The second kappa shape index (κ2) is 22.1. The maximum atomic E-state index is 6.04. The summed E-state index contributed by atoms with van der Waals surface area (Å²) in [6.07, 6.45) is 41.1. The van der Waals surface area contributed by atoms with Gasteiger partial charge in [0.2, 0.25) is 0 Å². The molecule has 170 valence electrons. The van der Waals surface area contributed by atoms with Crippen molar-refractivity contribution in [1.29, 1.82) is 0 Å². The minimum absolute atomic E-state index is 0.117. The van der Waals surface area contributed by atoms with Crippen LogP contribution in [0.1, 0.15) is 97.8 Å². The van der Waals surface area contributed by atoms with Crippen LogP contribution in [-0.2, 0) is 0 Å². The summed E-state index contributed by atoms with van der Waals surface area (Å²) in [6, 6.07) is 0. The van der Waals surface area contributed by atoms with Crippen LogP contribution in [0.5, 0.6) is 0 Å². The van der Waals surface area contributed by atoms with Crippen LogP contribution in [0.3, 0.4) is 0 Å². The first kappa shape index (κ1) is 28.4. The Hall–Kier alpha value is -1.60. The van der Waals surface area contributed by atoms with Gasteiger partial charge in [0.15, 0.2) is 0 Å². The summed E-state index contributed by atoms with van der Waals surface area (Å²) in [5.74, 6) is 0. The fourth-order valence-corrected chi connectivity index (χ4v) is 3.23. The number of allylic oxidation sites excluding steroid dienone is 11. The molecule has 0 heterocycles. The molecule has 0 aliphatic rings. The molecule has 1 unspecified atom stereocenters. The monoisotopic (exact) mass is 411 g/mol. The van der Waals surface area contributed by atoms with Gasteiger partial charge in [0.1, 0.15) is 0 Å². The number of hydrogen-bond donors (Lipinski definition) is 1. The fraction of sp³-hybridized carbons (Fsp3) is 0.586. The topological polar surface area (TPSA) is 26.0 Å². The van der Waals surface area contributed by atoms with Gasteiger partial charge in [0.05, 0.1) is 0 Å². The van der Waals surface area contributed by atoms with Crippen LogP contribution in [-0.4, -0.2) is 6.54 Å². The minimum atomic E-state index is 0.117. The summed E-state index contributed by atoms with van der Waals surface area (Å²) in [4.78, 5) is 0. The molecule has 30 heavy (non-hydrogen) atoms. The van der Waals surface area contributed by atoms with E-state index in [1.54, 1.807) is 0 Å². The van der Waals surface area contributed by atoms with E-state index in [4.69, 9.17) is 5.73 Å². The molecule has 1 atom stereocenters. The van der Waals surface area contributed by atoms with E-state index in [9.17, 15) is 0 Å². The van der Waals surface area contributed by atoms with Gasteiger partial charge in [0, 0.05) is 6.54 Å². The van der Waals surface area contributed by atoms with Crippen LogP contribution in [0, 0.1) is 5.41 Å². The lowest BCUT2D eigenvalue weighted by molar-refractivity contribution is 0.380. The molecule has 0 aliphatic heterocycles. The van der Waals surface area contributed by atoms with Gasteiger partial charge in [-0.25, -0.2) is 0 Å². The molecule has 0 spiro atoms. The first-order valence-corrected chi connectivity index (χ1v) is 12.4. The number of unbranched alkanes of at least 4 members (excludes halogenated alkanes) is 9. The molecule has 2 N–H and O–H groups in total. The Morgan fingerprint density at radius 1 is 0.567 bits per heavy atom. The van der Waals surface area contributed by atoms with Crippen LogP contribution < -0.4 is 5.73 Å². The highest BCUT2D eigenvalue weighted by Gasteiger charge is 2.17. The number of rotatable bonds is 19. The fourth-order valence-electron chi connectivity index (χ4n) is 3.23. The van der Waals surface area contributed by atoms with Crippen molar-refractivity contribution in [2.24, 2.45) is 11.1 Å². The quantitative estimate of drug-likeness (QED) is 0.166. The Bertz CT molecular complexity index is 533. The lowest BCUT2D eigenvalue weighted by Gasteiger charge is -2.23. The van der Waals surface area contributed by atoms with Crippen molar-refractivity contribution in [3.05, 3.63) is 72.9 Å². The molecule has 0 amide bonds. The van der Waals surface area contributed by atoms with Gasteiger partial charge >= 0.3 is 0 Å². The average molecular weight is 412 g/mol. The zero-order valence-electron chi connectivity index (χ0n) is 20.2. The Balaban J connectivity index is 4.02. The zero-order chi connectivity index (χ0) is 22.2. The van der Waals surface area contributed by atoms with Gasteiger partial charge in [-0.3, -0.25) is 0 Å². The molecule has 0 aromatic carbocycles. The Labute approximate surface area is 188 Å². The van der Waals surface area contributed by atoms with Crippen molar-refractivity contribution >= 4 is 0 Å². The Morgan fingerprint density at radius 3 is 1.60 bits per heavy atom. The summed E-state index contributed by atoms with van der Waals surface area (Å²) in [5, 5.41) is 0. The van der Waals surface area contributed by atoms with Crippen LogP contribution >= 0.6 is 0 Å². The molecular formula is C29H49N. The van der Waals surface area contributed by atoms with E-state index < -0.39 is 0 Å². The first-order chi connectivity index (χ1) is 14.7. The minimum Gasteiger partial charge on any atom is -0.330 e. The van der Waals surface area contributed by atoms with E-state index in [1.165, 1.54) is 77.0 Å². The van der Waals surface area contributed by atoms with E-state index in [0.717, 1.165) is 0 Å². The van der Waals surface area contributed by atoms with Gasteiger partial charge in [0.25, 0.3) is 0 Å². The first-order valence-electron chi connectivity index (χ1n) is 12.4. The van der Waals surface area contributed by atoms with Crippen molar-refractivity contribution in [2.75, 3.05) is 6.54 Å². The molecule has 0 fully saturated rings. The zero-order valence-corrected chi connectivity index (χ0v) is 20.2. The van der Waals surface area contributed by atoms with Crippen molar-refractivity contribution in [3.8, 4) is 0 Å². The van der Waals surface area contributed by atoms with E-state index in [-0.39, 0.29) is 5.41 Å². The molecule has 0 aromatic heterocycles. The molecule has 1 nitrogen and oxygen atoms in total. The van der Waals surface area contributed by atoms with Crippen molar-refractivity contribution in [2.45, 2.75) is 97.8 Å². The lowest BCUT2D eigenvalue weighted by Crippen LogP contribution is -2.24. The molecule has 0 radical (unpaired) electrons. The maximum Gasteiger partial charge on any atom is 0.00116 e. The highest BCUT2D eigenvalue weighted by Crippen LogP contribution is 2.25. The number of hydrogen-bond acceptors (Lipinski definition) is 1. The second-order valence-corrected chi connectivity index (χ2v) is 8.55. The predicted octanol–water partition coefficient (Wildman–Crippen LogP) is 9.01. The summed E-state index contributed by atoms with van der Waals surface area (Å²) in [7, 11) is 0. The number of nitrogens with two attached hydrogens (primary N) is 1. The van der Waals surface area contributed by atoms with E-state index >= 15 is 0 Å². The van der Waals surface area contributed by atoms with Crippen LogP contribution in [0.4, 0.5) is 0 Å². The average Bonchev–Trinajstić information content (AvgIpc) is 2.76. The molecule has 0 saturated carbocycles. The van der Waals surface area contributed by atoms with E-state index in [2.05, 4.69) is 93.7 Å². The molecule has 0 saturated heterocycles. The summed E-state index contributed by atoms with van der Waals surface area (Å²) in [5.41, 5.74) is 6.16. The Kier molecular flexibility index (Phi) is 20.9.